The van der Waals surface area contributed by atoms with E-state index in [9.17, 15) is 0 Å². The quantitative estimate of drug-likeness (QED) is 0.769. The fraction of sp³-hybridized carbons (Fsp3) is 0.417. The molecule has 1 aromatic rings. The molecule has 0 heterocycles. The van der Waals surface area contributed by atoms with Crippen LogP contribution in [-0.4, -0.2) is 20.2 Å². The maximum atomic E-state index is 8.53. The molecule has 0 radical (unpaired) electrons. The first-order chi connectivity index (χ1) is 7.67. The Morgan fingerprint density at radius 3 is 2.81 bits per heavy atom. The van der Waals surface area contributed by atoms with Crippen molar-refractivity contribution in [2.75, 3.05) is 30.8 Å². The lowest BCUT2D eigenvalue weighted by Crippen LogP contribution is -2.18. The standard InChI is InChI=1S/C12H17N3O/c1-3-16-12-8-10(14)7-11(9-12)15(2)6-4-5-13/h7-9H,3-4,6,14H2,1-2H3. The van der Waals surface area contributed by atoms with Crippen LogP contribution in [0.15, 0.2) is 18.2 Å². The number of benzene rings is 1. The van der Waals surface area contributed by atoms with E-state index in [1.807, 2.05) is 31.0 Å². The number of nitrogens with zero attached hydrogens (tertiary/aromatic N) is 2. The van der Waals surface area contributed by atoms with Crippen molar-refractivity contribution >= 4 is 11.4 Å². The van der Waals surface area contributed by atoms with Gasteiger partial charge in [0.25, 0.3) is 0 Å². The molecule has 4 heteroatoms. The molecule has 0 aliphatic carbocycles. The summed E-state index contributed by atoms with van der Waals surface area (Å²) in [5.74, 6) is 0.765. The van der Waals surface area contributed by atoms with Gasteiger partial charge in [-0.1, -0.05) is 0 Å². The van der Waals surface area contributed by atoms with Gasteiger partial charge in [0.15, 0.2) is 0 Å². The lowest BCUT2D eigenvalue weighted by molar-refractivity contribution is 0.340. The second kappa shape index (κ2) is 5.86. The maximum Gasteiger partial charge on any atom is 0.123 e. The highest BCUT2D eigenvalue weighted by molar-refractivity contribution is 5.60. The van der Waals surface area contributed by atoms with E-state index in [1.54, 1.807) is 6.07 Å². The lowest BCUT2D eigenvalue weighted by Gasteiger charge is -2.19. The van der Waals surface area contributed by atoms with Gasteiger partial charge in [0.2, 0.25) is 0 Å². The predicted octanol–water partition coefficient (Wildman–Crippen LogP) is 2.02. The van der Waals surface area contributed by atoms with E-state index < -0.39 is 0 Å². The molecule has 0 saturated heterocycles. The summed E-state index contributed by atoms with van der Waals surface area (Å²) in [6.45, 7) is 3.23. The van der Waals surface area contributed by atoms with E-state index in [4.69, 9.17) is 15.7 Å². The third kappa shape index (κ3) is 3.35. The molecule has 0 aromatic heterocycles. The van der Waals surface area contributed by atoms with E-state index in [1.165, 1.54) is 0 Å². The van der Waals surface area contributed by atoms with Gasteiger partial charge in [-0.25, -0.2) is 0 Å². The second-order valence-electron chi connectivity index (χ2n) is 3.52. The zero-order valence-electron chi connectivity index (χ0n) is 9.73. The largest absolute Gasteiger partial charge is 0.494 e. The van der Waals surface area contributed by atoms with Gasteiger partial charge in [-0.05, 0) is 13.0 Å². The van der Waals surface area contributed by atoms with Crippen LogP contribution in [0, 0.1) is 11.3 Å². The van der Waals surface area contributed by atoms with Crippen LogP contribution in [0.3, 0.4) is 0 Å². The first-order valence-corrected chi connectivity index (χ1v) is 5.28. The summed E-state index contributed by atoms with van der Waals surface area (Å²) >= 11 is 0. The number of ether oxygens (including phenoxy) is 1. The molecule has 0 fully saturated rings. The van der Waals surface area contributed by atoms with Crippen molar-refractivity contribution in [1.29, 1.82) is 5.26 Å². The van der Waals surface area contributed by atoms with E-state index in [-0.39, 0.29) is 0 Å². The van der Waals surface area contributed by atoms with Gasteiger partial charge in [0.1, 0.15) is 5.75 Å². The second-order valence-corrected chi connectivity index (χ2v) is 3.52. The Labute approximate surface area is 96.2 Å². The molecule has 0 saturated carbocycles. The monoisotopic (exact) mass is 219 g/mol. The van der Waals surface area contributed by atoms with Crippen molar-refractivity contribution in [3.05, 3.63) is 18.2 Å². The number of anilines is 2. The molecule has 0 unspecified atom stereocenters. The Morgan fingerprint density at radius 1 is 1.44 bits per heavy atom. The fourth-order valence-electron chi connectivity index (χ4n) is 1.42. The molecular weight excluding hydrogens is 202 g/mol. The number of rotatable bonds is 5. The van der Waals surface area contributed by atoms with Gasteiger partial charge in [-0.3, -0.25) is 0 Å². The Bertz CT molecular complexity index is 384. The van der Waals surface area contributed by atoms with Gasteiger partial charge in [-0.15, -0.1) is 0 Å². The minimum Gasteiger partial charge on any atom is -0.494 e. The van der Waals surface area contributed by atoms with Crippen LogP contribution >= 0.6 is 0 Å². The Morgan fingerprint density at radius 2 is 2.19 bits per heavy atom. The summed E-state index contributed by atoms with van der Waals surface area (Å²) in [6, 6.07) is 7.72. The van der Waals surface area contributed by atoms with Gasteiger partial charge in [0, 0.05) is 37.1 Å². The van der Waals surface area contributed by atoms with Crippen LogP contribution in [0.5, 0.6) is 5.75 Å². The highest BCUT2D eigenvalue weighted by Crippen LogP contribution is 2.24. The summed E-state index contributed by atoms with van der Waals surface area (Å²) in [6.07, 6.45) is 0.495. The number of hydrogen-bond donors (Lipinski definition) is 1. The third-order valence-electron chi connectivity index (χ3n) is 2.22. The number of nitrogens with two attached hydrogens (primary N) is 1. The summed E-state index contributed by atoms with van der Waals surface area (Å²) < 4.78 is 5.41. The van der Waals surface area contributed by atoms with Crippen LogP contribution in [0.1, 0.15) is 13.3 Å². The molecule has 0 atom stereocenters. The predicted molar refractivity (Wildman–Crippen MR) is 65.5 cm³/mol. The van der Waals surface area contributed by atoms with Crippen molar-refractivity contribution in [3.63, 3.8) is 0 Å². The average Bonchev–Trinajstić information content (AvgIpc) is 2.25. The van der Waals surface area contributed by atoms with Gasteiger partial charge >= 0.3 is 0 Å². The van der Waals surface area contributed by atoms with Crippen molar-refractivity contribution < 1.29 is 4.74 Å². The van der Waals surface area contributed by atoms with Crippen LogP contribution in [0.25, 0.3) is 0 Å². The number of hydrogen-bond acceptors (Lipinski definition) is 4. The SMILES string of the molecule is CCOc1cc(N)cc(N(C)CCC#N)c1. The summed E-state index contributed by atoms with van der Waals surface area (Å²) in [5.41, 5.74) is 7.43. The first-order valence-electron chi connectivity index (χ1n) is 5.28. The molecule has 0 aliphatic rings. The van der Waals surface area contributed by atoms with E-state index in [0.717, 1.165) is 11.4 Å². The molecule has 1 rings (SSSR count). The Kier molecular flexibility index (Phi) is 4.46. The van der Waals surface area contributed by atoms with Gasteiger partial charge in [0.05, 0.1) is 19.1 Å². The van der Waals surface area contributed by atoms with Crippen LogP contribution < -0.4 is 15.4 Å². The molecule has 4 nitrogen and oxygen atoms in total. The van der Waals surface area contributed by atoms with Crippen molar-refractivity contribution in [2.24, 2.45) is 0 Å². The smallest absolute Gasteiger partial charge is 0.123 e. The van der Waals surface area contributed by atoms with E-state index >= 15 is 0 Å². The normalized spacial score (nSPS) is 9.56. The molecule has 1 aromatic carbocycles. The summed E-state index contributed by atoms with van der Waals surface area (Å²) in [5, 5.41) is 8.53. The molecule has 86 valence electrons. The highest BCUT2D eigenvalue weighted by Gasteiger charge is 2.04. The zero-order valence-corrected chi connectivity index (χ0v) is 9.73. The molecular formula is C12H17N3O. The van der Waals surface area contributed by atoms with Gasteiger partial charge < -0.3 is 15.4 Å². The molecule has 0 spiro atoms. The van der Waals surface area contributed by atoms with Crippen LogP contribution in [-0.2, 0) is 0 Å². The summed E-state index contributed by atoms with van der Waals surface area (Å²) in [4.78, 5) is 1.99. The van der Waals surface area contributed by atoms with Crippen LogP contribution in [0.2, 0.25) is 0 Å². The molecule has 0 aliphatic heterocycles. The molecule has 0 bridgehead atoms. The fourth-order valence-corrected chi connectivity index (χ4v) is 1.42. The summed E-state index contributed by atoms with van der Waals surface area (Å²) in [7, 11) is 1.93. The molecule has 0 amide bonds. The van der Waals surface area contributed by atoms with Crippen LogP contribution in [0.4, 0.5) is 11.4 Å². The Hall–Kier alpha value is -1.89. The van der Waals surface area contributed by atoms with E-state index in [0.29, 0.717) is 25.3 Å². The lowest BCUT2D eigenvalue weighted by atomic mass is 10.2. The minimum absolute atomic E-state index is 0.495. The molecule has 2 N–H and O–H groups in total. The first kappa shape index (κ1) is 12.2. The van der Waals surface area contributed by atoms with Gasteiger partial charge in [-0.2, -0.15) is 5.26 Å². The number of nitrogen functional groups attached to an aromatic ring is 1. The van der Waals surface area contributed by atoms with Crippen molar-refractivity contribution in [3.8, 4) is 11.8 Å². The zero-order chi connectivity index (χ0) is 12.0. The average molecular weight is 219 g/mol. The molecule has 16 heavy (non-hydrogen) atoms. The maximum absolute atomic E-state index is 8.53. The van der Waals surface area contributed by atoms with E-state index in [2.05, 4.69) is 6.07 Å². The van der Waals surface area contributed by atoms with Crippen molar-refractivity contribution in [2.45, 2.75) is 13.3 Å². The van der Waals surface area contributed by atoms with Crippen molar-refractivity contribution in [1.82, 2.24) is 0 Å². The minimum atomic E-state index is 0.495. The highest BCUT2D eigenvalue weighted by atomic mass is 16.5. The third-order valence-corrected chi connectivity index (χ3v) is 2.22. The topological polar surface area (TPSA) is 62.3 Å². The number of nitriles is 1. The Balaban J connectivity index is 2.82.